The summed E-state index contributed by atoms with van der Waals surface area (Å²) in [6, 6.07) is 13.7. The molecule has 0 aliphatic carbocycles. The normalized spacial score (nSPS) is 10.9. The van der Waals surface area contributed by atoms with E-state index >= 15 is 0 Å². The summed E-state index contributed by atoms with van der Waals surface area (Å²) in [5.74, 6) is 0.123. The summed E-state index contributed by atoms with van der Waals surface area (Å²) in [7, 11) is 0. The predicted octanol–water partition coefficient (Wildman–Crippen LogP) is 4.28. The molecule has 3 nitrogen and oxygen atoms in total. The lowest BCUT2D eigenvalue weighted by Crippen LogP contribution is -2.40. The number of nitrogens with zero attached hydrogens (tertiary/aromatic N) is 2. The minimum Gasteiger partial charge on any atom is -0.312 e. The fraction of sp³-hybridized carbons (Fsp3) is 0.353. The van der Waals surface area contributed by atoms with Gasteiger partial charge in [0.15, 0.2) is 0 Å². The van der Waals surface area contributed by atoms with Crippen LogP contribution in [0, 0.1) is 0 Å². The third kappa shape index (κ3) is 4.57. The Morgan fingerprint density at radius 1 is 1.09 bits per heavy atom. The molecule has 5 heteroatoms. The Balaban J connectivity index is 2.01. The number of benzene rings is 1. The highest BCUT2D eigenvalue weighted by molar-refractivity contribution is 7.16. The summed E-state index contributed by atoms with van der Waals surface area (Å²) >= 11 is 7.54. The average molecular weight is 337 g/mol. The van der Waals surface area contributed by atoms with Crippen LogP contribution in [0.15, 0.2) is 42.5 Å². The van der Waals surface area contributed by atoms with Crippen molar-refractivity contribution in [3.8, 4) is 0 Å². The maximum Gasteiger partial charge on any atom is 0.241 e. The minimum absolute atomic E-state index is 0.123. The fourth-order valence-corrected chi connectivity index (χ4v) is 3.45. The molecule has 0 saturated heterocycles. The van der Waals surface area contributed by atoms with Gasteiger partial charge < -0.3 is 4.90 Å². The number of carbonyl (C=O) groups excluding carboxylic acids is 1. The Labute approximate surface area is 141 Å². The first-order chi connectivity index (χ1) is 10.6. The van der Waals surface area contributed by atoms with Gasteiger partial charge in [-0.3, -0.25) is 9.69 Å². The van der Waals surface area contributed by atoms with Gasteiger partial charge in [-0.2, -0.15) is 0 Å². The number of anilines is 1. The monoisotopic (exact) mass is 336 g/mol. The summed E-state index contributed by atoms with van der Waals surface area (Å²) in [6.45, 7) is 6.74. The number of carbonyl (C=O) groups is 1. The lowest BCUT2D eigenvalue weighted by Gasteiger charge is -2.25. The molecule has 0 aliphatic rings. The van der Waals surface area contributed by atoms with Crippen LogP contribution in [-0.2, 0) is 11.3 Å². The van der Waals surface area contributed by atoms with E-state index in [0.717, 1.165) is 23.1 Å². The van der Waals surface area contributed by atoms with Crippen molar-refractivity contribution < 1.29 is 4.79 Å². The van der Waals surface area contributed by atoms with E-state index in [2.05, 4.69) is 11.8 Å². The molecule has 0 spiro atoms. The number of amides is 1. The van der Waals surface area contributed by atoms with Crippen molar-refractivity contribution in [3.63, 3.8) is 0 Å². The van der Waals surface area contributed by atoms with Crippen LogP contribution in [0.25, 0.3) is 0 Å². The third-order valence-corrected chi connectivity index (χ3v) is 4.72. The van der Waals surface area contributed by atoms with Crippen LogP contribution in [0.3, 0.4) is 0 Å². The zero-order valence-corrected chi connectivity index (χ0v) is 14.5. The van der Waals surface area contributed by atoms with Gasteiger partial charge in [-0.1, -0.05) is 36.7 Å². The van der Waals surface area contributed by atoms with Crippen LogP contribution in [0.2, 0.25) is 4.34 Å². The van der Waals surface area contributed by atoms with Gasteiger partial charge in [0.2, 0.25) is 5.91 Å². The molecule has 0 N–H and O–H groups in total. The van der Waals surface area contributed by atoms with Crippen LogP contribution in [0.1, 0.15) is 18.7 Å². The summed E-state index contributed by atoms with van der Waals surface area (Å²) in [5.41, 5.74) is 0.949. The topological polar surface area (TPSA) is 23.6 Å². The van der Waals surface area contributed by atoms with Crippen LogP contribution in [-0.4, -0.2) is 30.4 Å². The zero-order valence-electron chi connectivity index (χ0n) is 13.0. The number of halogens is 1. The van der Waals surface area contributed by atoms with Crippen LogP contribution in [0.4, 0.5) is 5.69 Å². The van der Waals surface area contributed by atoms with Gasteiger partial charge in [0.25, 0.3) is 0 Å². The molecule has 0 saturated carbocycles. The van der Waals surface area contributed by atoms with Gasteiger partial charge in [0, 0.05) is 23.7 Å². The molecule has 118 valence electrons. The maximum atomic E-state index is 12.6. The lowest BCUT2D eigenvalue weighted by molar-refractivity contribution is -0.119. The molecule has 22 heavy (non-hydrogen) atoms. The second-order valence-corrected chi connectivity index (χ2v) is 6.78. The van der Waals surface area contributed by atoms with Gasteiger partial charge in [0.05, 0.1) is 10.9 Å². The Bertz CT molecular complexity index is 600. The zero-order chi connectivity index (χ0) is 15.9. The smallest absolute Gasteiger partial charge is 0.241 e. The predicted molar refractivity (Wildman–Crippen MR) is 94.7 cm³/mol. The average Bonchev–Trinajstić information content (AvgIpc) is 2.93. The summed E-state index contributed by atoms with van der Waals surface area (Å²) < 4.78 is 0.789. The van der Waals surface area contributed by atoms with E-state index in [1.54, 1.807) is 11.3 Å². The molecule has 0 unspecified atom stereocenters. The quantitative estimate of drug-likeness (QED) is 0.753. The fourth-order valence-electron chi connectivity index (χ4n) is 2.32. The van der Waals surface area contributed by atoms with Crippen molar-refractivity contribution >= 4 is 34.5 Å². The first-order valence-electron chi connectivity index (χ1n) is 7.46. The van der Waals surface area contributed by atoms with Gasteiger partial charge in [-0.15, -0.1) is 11.3 Å². The van der Waals surface area contributed by atoms with Crippen LogP contribution < -0.4 is 4.90 Å². The van der Waals surface area contributed by atoms with E-state index in [1.807, 2.05) is 54.3 Å². The van der Waals surface area contributed by atoms with Crippen molar-refractivity contribution in [2.45, 2.75) is 20.4 Å². The molecule has 1 aromatic carbocycles. The van der Waals surface area contributed by atoms with Crippen LogP contribution in [0.5, 0.6) is 0 Å². The number of hydrogen-bond acceptors (Lipinski definition) is 3. The van der Waals surface area contributed by atoms with E-state index in [0.29, 0.717) is 13.1 Å². The number of thiophene rings is 1. The Kier molecular flexibility index (Phi) is 6.43. The van der Waals surface area contributed by atoms with E-state index in [9.17, 15) is 4.79 Å². The Hall–Kier alpha value is -1.36. The van der Waals surface area contributed by atoms with Crippen LogP contribution >= 0.6 is 22.9 Å². The maximum absolute atomic E-state index is 12.6. The van der Waals surface area contributed by atoms with E-state index < -0.39 is 0 Å². The molecule has 1 amide bonds. The number of likely N-dealkylation sites (N-methyl/N-ethyl adjacent to an activating group) is 2. The first kappa shape index (κ1) is 17.0. The molecule has 0 bridgehead atoms. The molecular formula is C17H21ClN2OS. The highest BCUT2D eigenvalue weighted by atomic mass is 35.5. The minimum atomic E-state index is 0.123. The first-order valence-corrected chi connectivity index (χ1v) is 8.65. The Morgan fingerprint density at radius 3 is 2.36 bits per heavy atom. The number of para-hydroxylation sites is 1. The van der Waals surface area contributed by atoms with E-state index in [1.165, 1.54) is 4.88 Å². The molecule has 0 radical (unpaired) electrons. The molecular weight excluding hydrogens is 316 g/mol. The molecule has 0 atom stereocenters. The number of hydrogen-bond donors (Lipinski definition) is 0. The van der Waals surface area contributed by atoms with Crippen molar-refractivity contribution in [2.24, 2.45) is 0 Å². The highest BCUT2D eigenvalue weighted by Gasteiger charge is 2.17. The largest absolute Gasteiger partial charge is 0.312 e. The summed E-state index contributed by atoms with van der Waals surface area (Å²) in [5, 5.41) is 0. The summed E-state index contributed by atoms with van der Waals surface area (Å²) in [4.78, 5) is 17.7. The second-order valence-electron chi connectivity index (χ2n) is 4.98. The number of rotatable bonds is 7. The van der Waals surface area contributed by atoms with Crippen molar-refractivity contribution in [1.29, 1.82) is 0 Å². The lowest BCUT2D eigenvalue weighted by atomic mass is 10.2. The standard InChI is InChI=1S/C17H21ClN2OS/c1-3-19(12-15-10-11-16(18)22-15)13-17(21)20(4-2)14-8-6-5-7-9-14/h5-11H,3-4,12-13H2,1-2H3. The molecule has 1 aromatic heterocycles. The summed E-state index contributed by atoms with van der Waals surface area (Å²) in [6.07, 6.45) is 0. The highest BCUT2D eigenvalue weighted by Crippen LogP contribution is 2.23. The van der Waals surface area contributed by atoms with Gasteiger partial charge in [-0.05, 0) is 37.7 Å². The van der Waals surface area contributed by atoms with Crippen molar-refractivity contribution in [3.05, 3.63) is 51.7 Å². The molecule has 0 aliphatic heterocycles. The molecule has 0 fully saturated rings. The molecule has 2 rings (SSSR count). The van der Waals surface area contributed by atoms with Crippen molar-refractivity contribution in [2.75, 3.05) is 24.5 Å². The van der Waals surface area contributed by atoms with E-state index in [4.69, 9.17) is 11.6 Å². The second kappa shape index (κ2) is 8.32. The van der Waals surface area contributed by atoms with Gasteiger partial charge in [-0.25, -0.2) is 0 Å². The van der Waals surface area contributed by atoms with E-state index in [-0.39, 0.29) is 5.91 Å². The molecule has 1 heterocycles. The van der Waals surface area contributed by atoms with Crippen molar-refractivity contribution in [1.82, 2.24) is 4.90 Å². The van der Waals surface area contributed by atoms with Gasteiger partial charge >= 0.3 is 0 Å². The third-order valence-electron chi connectivity index (χ3n) is 3.50. The molecule has 2 aromatic rings. The van der Waals surface area contributed by atoms with Gasteiger partial charge in [0.1, 0.15) is 0 Å². The SMILES string of the molecule is CCN(CC(=O)N(CC)c1ccccc1)Cc1ccc(Cl)s1. The Morgan fingerprint density at radius 2 is 1.82 bits per heavy atom.